The van der Waals surface area contributed by atoms with E-state index in [2.05, 4.69) is 9.97 Å². The first-order chi connectivity index (χ1) is 11.8. The molecule has 0 amide bonds. The first kappa shape index (κ1) is 14.7. The lowest BCUT2D eigenvalue weighted by Crippen LogP contribution is -2.12. The fraction of sp³-hybridized carbons (Fsp3) is 0.222. The standard InChI is InChI=1S/C18H16N2O4/c1-21-18(12-5-6-16-17(7-12)24-11-23-16)9-22-15-4-2-3-14-13(15)8-19-10-20-14/h2-8,10,18H,9,11H2,1H3. The molecule has 6 nitrogen and oxygen atoms in total. The van der Waals surface area contributed by atoms with E-state index in [0.29, 0.717) is 6.61 Å². The quantitative estimate of drug-likeness (QED) is 0.718. The van der Waals surface area contributed by atoms with Gasteiger partial charge in [0.05, 0.1) is 10.9 Å². The van der Waals surface area contributed by atoms with Crippen LogP contribution in [-0.2, 0) is 4.74 Å². The molecule has 2 heterocycles. The highest BCUT2D eigenvalue weighted by Gasteiger charge is 2.18. The van der Waals surface area contributed by atoms with Crippen LogP contribution in [0, 0.1) is 0 Å². The average molecular weight is 324 g/mol. The van der Waals surface area contributed by atoms with Crippen LogP contribution in [0.4, 0.5) is 0 Å². The molecule has 122 valence electrons. The first-order valence-electron chi connectivity index (χ1n) is 7.59. The summed E-state index contributed by atoms with van der Waals surface area (Å²) in [7, 11) is 1.66. The average Bonchev–Trinajstić information content (AvgIpc) is 3.10. The molecule has 0 radical (unpaired) electrons. The predicted octanol–water partition coefficient (Wildman–Crippen LogP) is 3.13. The summed E-state index contributed by atoms with van der Waals surface area (Å²) in [6, 6.07) is 11.5. The van der Waals surface area contributed by atoms with E-state index in [0.717, 1.165) is 33.7 Å². The van der Waals surface area contributed by atoms with Crippen LogP contribution < -0.4 is 14.2 Å². The molecule has 0 fully saturated rings. The summed E-state index contributed by atoms with van der Waals surface area (Å²) in [4.78, 5) is 8.30. The maximum Gasteiger partial charge on any atom is 0.231 e. The minimum atomic E-state index is -0.223. The maximum absolute atomic E-state index is 5.97. The van der Waals surface area contributed by atoms with Gasteiger partial charge < -0.3 is 18.9 Å². The zero-order valence-corrected chi connectivity index (χ0v) is 13.1. The summed E-state index contributed by atoms with van der Waals surface area (Å²) in [6.07, 6.45) is 3.05. The van der Waals surface area contributed by atoms with E-state index in [-0.39, 0.29) is 12.9 Å². The van der Waals surface area contributed by atoms with Crippen LogP contribution in [0.15, 0.2) is 48.9 Å². The summed E-state index contributed by atoms with van der Waals surface area (Å²) in [5.41, 5.74) is 1.82. The fourth-order valence-corrected chi connectivity index (χ4v) is 2.68. The van der Waals surface area contributed by atoms with Crippen LogP contribution in [0.3, 0.4) is 0 Å². The van der Waals surface area contributed by atoms with Crippen molar-refractivity contribution in [1.29, 1.82) is 0 Å². The van der Waals surface area contributed by atoms with Gasteiger partial charge in [0, 0.05) is 13.3 Å². The Morgan fingerprint density at radius 3 is 3.00 bits per heavy atom. The van der Waals surface area contributed by atoms with Gasteiger partial charge in [-0.1, -0.05) is 12.1 Å². The third kappa shape index (κ3) is 2.72. The van der Waals surface area contributed by atoms with E-state index in [4.69, 9.17) is 18.9 Å². The number of hydrogen-bond acceptors (Lipinski definition) is 6. The number of nitrogens with zero attached hydrogens (tertiary/aromatic N) is 2. The second-order valence-corrected chi connectivity index (χ2v) is 5.36. The Morgan fingerprint density at radius 2 is 2.08 bits per heavy atom. The molecule has 4 rings (SSSR count). The minimum absolute atomic E-state index is 0.223. The van der Waals surface area contributed by atoms with Crippen LogP contribution in [-0.4, -0.2) is 30.5 Å². The monoisotopic (exact) mass is 324 g/mol. The van der Waals surface area contributed by atoms with Crippen molar-refractivity contribution in [3.05, 3.63) is 54.5 Å². The summed E-state index contributed by atoms with van der Waals surface area (Å²) in [5, 5.41) is 0.875. The van der Waals surface area contributed by atoms with E-state index >= 15 is 0 Å². The Morgan fingerprint density at radius 1 is 1.17 bits per heavy atom. The van der Waals surface area contributed by atoms with Crippen molar-refractivity contribution in [1.82, 2.24) is 9.97 Å². The second-order valence-electron chi connectivity index (χ2n) is 5.36. The molecule has 1 aliphatic heterocycles. The number of fused-ring (bicyclic) bond motifs is 2. The molecule has 6 heteroatoms. The lowest BCUT2D eigenvalue weighted by molar-refractivity contribution is 0.0580. The molecule has 0 spiro atoms. The molecule has 0 aliphatic carbocycles. The highest BCUT2D eigenvalue weighted by molar-refractivity contribution is 5.83. The lowest BCUT2D eigenvalue weighted by Gasteiger charge is -2.17. The van der Waals surface area contributed by atoms with Gasteiger partial charge in [-0.25, -0.2) is 9.97 Å². The van der Waals surface area contributed by atoms with E-state index in [1.165, 1.54) is 6.33 Å². The third-order valence-corrected chi connectivity index (χ3v) is 3.95. The van der Waals surface area contributed by atoms with E-state index in [1.807, 2.05) is 36.4 Å². The van der Waals surface area contributed by atoms with Gasteiger partial charge in [0.15, 0.2) is 11.5 Å². The van der Waals surface area contributed by atoms with Crippen LogP contribution in [0.25, 0.3) is 10.9 Å². The van der Waals surface area contributed by atoms with Crippen molar-refractivity contribution in [2.24, 2.45) is 0 Å². The zero-order chi connectivity index (χ0) is 16.4. The van der Waals surface area contributed by atoms with Gasteiger partial charge in [0.2, 0.25) is 6.79 Å². The van der Waals surface area contributed by atoms with Crippen LogP contribution in [0.5, 0.6) is 17.2 Å². The summed E-state index contributed by atoms with van der Waals surface area (Å²) >= 11 is 0. The molecule has 1 atom stereocenters. The first-order valence-corrected chi connectivity index (χ1v) is 7.59. The van der Waals surface area contributed by atoms with Gasteiger partial charge in [-0.05, 0) is 29.8 Å². The number of benzene rings is 2. The fourth-order valence-electron chi connectivity index (χ4n) is 2.68. The Kier molecular flexibility index (Phi) is 3.88. The summed E-state index contributed by atoms with van der Waals surface area (Å²) in [6.45, 7) is 0.618. The van der Waals surface area contributed by atoms with E-state index < -0.39 is 0 Å². The van der Waals surface area contributed by atoms with Crippen molar-refractivity contribution in [3.8, 4) is 17.2 Å². The van der Waals surface area contributed by atoms with E-state index in [1.54, 1.807) is 13.3 Å². The molecule has 0 saturated heterocycles. The van der Waals surface area contributed by atoms with Crippen LogP contribution in [0.2, 0.25) is 0 Å². The molecule has 0 N–H and O–H groups in total. The topological polar surface area (TPSA) is 62.7 Å². The molecule has 0 saturated carbocycles. The number of methoxy groups -OCH3 is 1. The highest BCUT2D eigenvalue weighted by Crippen LogP contribution is 2.35. The maximum atomic E-state index is 5.97. The molecule has 1 unspecified atom stereocenters. The number of aromatic nitrogens is 2. The highest BCUT2D eigenvalue weighted by atomic mass is 16.7. The number of rotatable bonds is 5. The molecular formula is C18H16N2O4. The van der Waals surface area contributed by atoms with Crippen molar-refractivity contribution < 1.29 is 18.9 Å². The summed E-state index contributed by atoms with van der Waals surface area (Å²) in [5.74, 6) is 2.21. The van der Waals surface area contributed by atoms with Gasteiger partial charge >= 0.3 is 0 Å². The van der Waals surface area contributed by atoms with Crippen molar-refractivity contribution in [2.75, 3.05) is 20.5 Å². The Balaban J connectivity index is 1.55. The Labute approximate surface area is 139 Å². The van der Waals surface area contributed by atoms with Crippen molar-refractivity contribution in [3.63, 3.8) is 0 Å². The predicted molar refractivity (Wildman–Crippen MR) is 87.3 cm³/mol. The largest absolute Gasteiger partial charge is 0.490 e. The van der Waals surface area contributed by atoms with Crippen molar-refractivity contribution >= 4 is 10.9 Å². The smallest absolute Gasteiger partial charge is 0.231 e. The van der Waals surface area contributed by atoms with E-state index in [9.17, 15) is 0 Å². The molecule has 2 aromatic carbocycles. The molecule has 0 bridgehead atoms. The third-order valence-electron chi connectivity index (χ3n) is 3.95. The van der Waals surface area contributed by atoms with Gasteiger partial charge in [0.1, 0.15) is 24.8 Å². The van der Waals surface area contributed by atoms with Gasteiger partial charge in [0.25, 0.3) is 0 Å². The number of ether oxygens (including phenoxy) is 4. The minimum Gasteiger partial charge on any atom is -0.490 e. The SMILES string of the molecule is COC(COc1cccc2ncncc12)c1ccc2c(c1)OCO2. The lowest BCUT2D eigenvalue weighted by atomic mass is 10.1. The molecule has 1 aliphatic rings. The Bertz CT molecular complexity index is 863. The van der Waals surface area contributed by atoms with Crippen molar-refractivity contribution in [2.45, 2.75) is 6.10 Å². The normalized spacial score (nSPS) is 13.9. The van der Waals surface area contributed by atoms with Crippen LogP contribution >= 0.6 is 0 Å². The molecular weight excluding hydrogens is 308 g/mol. The number of hydrogen-bond donors (Lipinski definition) is 0. The zero-order valence-electron chi connectivity index (χ0n) is 13.1. The summed E-state index contributed by atoms with van der Waals surface area (Å²) < 4.78 is 22.3. The van der Waals surface area contributed by atoms with Gasteiger partial charge in [-0.3, -0.25) is 0 Å². The molecule has 24 heavy (non-hydrogen) atoms. The Hall–Kier alpha value is -2.86. The van der Waals surface area contributed by atoms with Gasteiger partial charge in [-0.2, -0.15) is 0 Å². The van der Waals surface area contributed by atoms with Gasteiger partial charge in [-0.15, -0.1) is 0 Å². The molecule has 3 aromatic rings. The molecule has 1 aromatic heterocycles. The van der Waals surface area contributed by atoms with Crippen LogP contribution in [0.1, 0.15) is 11.7 Å². The second kappa shape index (κ2) is 6.33.